The Labute approximate surface area is 99.5 Å². The van der Waals surface area contributed by atoms with Gasteiger partial charge in [0.15, 0.2) is 0 Å². The third-order valence-corrected chi connectivity index (χ3v) is 3.30. The van der Waals surface area contributed by atoms with Gasteiger partial charge in [-0.25, -0.2) is 0 Å². The number of phenols is 1. The van der Waals surface area contributed by atoms with Gasteiger partial charge in [0.1, 0.15) is 5.75 Å². The lowest BCUT2D eigenvalue weighted by Gasteiger charge is -2.13. The Morgan fingerprint density at radius 3 is 1.88 bits per heavy atom. The number of aryl methyl sites for hydroxylation is 1. The fraction of sp³-hybridized carbons (Fsp3) is 0.600. The smallest absolute Gasteiger partial charge is 0.115 e. The van der Waals surface area contributed by atoms with E-state index in [0.717, 1.165) is 6.42 Å². The highest BCUT2D eigenvalue weighted by Gasteiger charge is 2.21. The van der Waals surface area contributed by atoms with Gasteiger partial charge < -0.3 is 5.11 Å². The lowest BCUT2D eigenvalue weighted by Crippen LogP contribution is -2.01. The van der Waals surface area contributed by atoms with E-state index >= 15 is 0 Å². The number of hydrogen-bond acceptors (Lipinski definition) is 1. The molecule has 90 valence electrons. The van der Waals surface area contributed by atoms with E-state index in [-0.39, 0.29) is 0 Å². The monoisotopic (exact) mass is 220 g/mol. The topological polar surface area (TPSA) is 20.2 Å². The molecule has 1 aliphatic carbocycles. The van der Waals surface area contributed by atoms with Crippen LogP contribution in [0.1, 0.15) is 52.0 Å². The van der Waals surface area contributed by atoms with Crippen LogP contribution in [0.4, 0.5) is 0 Å². The van der Waals surface area contributed by atoms with E-state index in [1.165, 1.54) is 31.2 Å². The van der Waals surface area contributed by atoms with Crippen LogP contribution in [0, 0.1) is 5.41 Å². The van der Waals surface area contributed by atoms with Gasteiger partial charge in [-0.3, -0.25) is 0 Å². The normalized spacial score (nSPS) is 17.7. The minimum atomic E-state index is 0.340. The van der Waals surface area contributed by atoms with Gasteiger partial charge >= 0.3 is 0 Å². The average molecular weight is 220 g/mol. The van der Waals surface area contributed by atoms with Crippen LogP contribution < -0.4 is 0 Å². The minimum absolute atomic E-state index is 0.340. The van der Waals surface area contributed by atoms with Crippen molar-refractivity contribution in [2.45, 2.75) is 52.9 Å². The van der Waals surface area contributed by atoms with E-state index < -0.39 is 0 Å². The summed E-state index contributed by atoms with van der Waals surface area (Å²) in [6, 6.07) is 7.27. The van der Waals surface area contributed by atoms with Gasteiger partial charge in [-0.15, -0.1) is 0 Å². The van der Waals surface area contributed by atoms with E-state index in [2.05, 4.69) is 20.8 Å². The summed E-state index contributed by atoms with van der Waals surface area (Å²) >= 11 is 0. The third-order valence-electron chi connectivity index (χ3n) is 3.30. The Morgan fingerprint density at radius 1 is 1.06 bits per heavy atom. The van der Waals surface area contributed by atoms with Crippen LogP contribution in [0.25, 0.3) is 0 Å². The highest BCUT2D eigenvalue weighted by molar-refractivity contribution is 5.25. The van der Waals surface area contributed by atoms with Crippen LogP contribution in [0.2, 0.25) is 0 Å². The number of hydrogen-bond donors (Lipinski definition) is 1. The molecule has 0 spiro atoms. The SMILES string of the molecule is CC1(C)CCCC1.CCc1ccc(O)cc1. The zero-order valence-corrected chi connectivity index (χ0v) is 10.8. The molecule has 1 nitrogen and oxygen atoms in total. The zero-order valence-electron chi connectivity index (χ0n) is 10.8. The second-order valence-corrected chi connectivity index (χ2v) is 5.39. The Bertz CT molecular complexity index is 290. The van der Waals surface area contributed by atoms with Crippen molar-refractivity contribution in [1.29, 1.82) is 0 Å². The molecule has 1 N–H and O–H groups in total. The summed E-state index contributed by atoms with van der Waals surface area (Å²) in [7, 11) is 0. The third kappa shape index (κ3) is 4.69. The summed E-state index contributed by atoms with van der Waals surface area (Å²) in [6.07, 6.45) is 6.86. The largest absolute Gasteiger partial charge is 0.508 e. The van der Waals surface area contributed by atoms with E-state index in [1.54, 1.807) is 12.1 Å². The zero-order chi connectivity index (χ0) is 12.0. The standard InChI is InChI=1S/C8H10O.C7H14/c1-2-7-3-5-8(9)6-4-7;1-7(2)5-3-4-6-7/h3-6,9H,2H2,1H3;3-6H2,1-2H3. The Morgan fingerprint density at radius 2 is 1.56 bits per heavy atom. The van der Waals surface area contributed by atoms with Crippen LogP contribution in [0.3, 0.4) is 0 Å². The second-order valence-electron chi connectivity index (χ2n) is 5.39. The van der Waals surface area contributed by atoms with Crippen molar-refractivity contribution in [2.24, 2.45) is 5.41 Å². The molecule has 0 saturated heterocycles. The Balaban J connectivity index is 0.000000165. The maximum absolute atomic E-state index is 8.85. The minimum Gasteiger partial charge on any atom is -0.508 e. The Hall–Kier alpha value is -0.980. The molecule has 1 heteroatoms. The molecular formula is C15H24O. The summed E-state index contributed by atoms with van der Waals surface area (Å²) < 4.78 is 0. The van der Waals surface area contributed by atoms with Crippen molar-refractivity contribution >= 4 is 0 Å². The second kappa shape index (κ2) is 5.93. The molecule has 0 aliphatic heterocycles. The Kier molecular flexibility index (Phi) is 4.85. The first-order valence-corrected chi connectivity index (χ1v) is 6.31. The average Bonchev–Trinajstić information content (AvgIpc) is 2.65. The summed E-state index contributed by atoms with van der Waals surface area (Å²) in [4.78, 5) is 0. The number of benzene rings is 1. The molecule has 1 aromatic rings. The van der Waals surface area contributed by atoms with Gasteiger partial charge in [0.2, 0.25) is 0 Å². The van der Waals surface area contributed by atoms with Gasteiger partial charge in [0.05, 0.1) is 0 Å². The number of rotatable bonds is 1. The van der Waals surface area contributed by atoms with Crippen LogP contribution in [-0.4, -0.2) is 5.11 Å². The quantitative estimate of drug-likeness (QED) is 0.736. The fourth-order valence-electron chi connectivity index (χ4n) is 2.06. The molecule has 0 atom stereocenters. The lowest BCUT2D eigenvalue weighted by atomic mass is 9.92. The molecule has 0 aromatic heterocycles. The summed E-state index contributed by atoms with van der Waals surface area (Å²) in [5, 5.41) is 8.85. The fourth-order valence-corrected chi connectivity index (χ4v) is 2.06. The lowest BCUT2D eigenvalue weighted by molar-refractivity contribution is 0.382. The summed E-state index contributed by atoms with van der Waals surface area (Å²) in [5.74, 6) is 0.340. The van der Waals surface area contributed by atoms with E-state index in [1.807, 2.05) is 12.1 Å². The van der Waals surface area contributed by atoms with Crippen LogP contribution >= 0.6 is 0 Å². The molecule has 0 unspecified atom stereocenters. The molecule has 0 radical (unpaired) electrons. The maximum Gasteiger partial charge on any atom is 0.115 e. The van der Waals surface area contributed by atoms with Crippen molar-refractivity contribution in [3.63, 3.8) is 0 Å². The molecule has 0 bridgehead atoms. The van der Waals surface area contributed by atoms with Gasteiger partial charge in [0, 0.05) is 0 Å². The van der Waals surface area contributed by atoms with Gasteiger partial charge in [-0.1, -0.05) is 45.7 Å². The molecule has 16 heavy (non-hydrogen) atoms. The molecule has 1 aromatic carbocycles. The van der Waals surface area contributed by atoms with Crippen LogP contribution in [0.5, 0.6) is 5.75 Å². The first-order chi connectivity index (χ1) is 7.53. The highest BCUT2D eigenvalue weighted by atomic mass is 16.3. The van der Waals surface area contributed by atoms with Gasteiger partial charge in [0.25, 0.3) is 0 Å². The molecule has 1 saturated carbocycles. The summed E-state index contributed by atoms with van der Waals surface area (Å²) in [5.41, 5.74) is 1.95. The van der Waals surface area contributed by atoms with Crippen LogP contribution in [0.15, 0.2) is 24.3 Å². The van der Waals surface area contributed by atoms with Gasteiger partial charge in [-0.05, 0) is 42.4 Å². The van der Waals surface area contributed by atoms with Crippen LogP contribution in [-0.2, 0) is 6.42 Å². The van der Waals surface area contributed by atoms with Crippen molar-refractivity contribution in [3.05, 3.63) is 29.8 Å². The molecule has 1 fully saturated rings. The molecule has 1 aliphatic rings. The first-order valence-electron chi connectivity index (χ1n) is 6.31. The van der Waals surface area contributed by atoms with E-state index in [0.29, 0.717) is 11.2 Å². The van der Waals surface area contributed by atoms with Crippen molar-refractivity contribution in [1.82, 2.24) is 0 Å². The van der Waals surface area contributed by atoms with Gasteiger partial charge in [-0.2, -0.15) is 0 Å². The molecule has 0 amide bonds. The van der Waals surface area contributed by atoms with E-state index in [9.17, 15) is 0 Å². The van der Waals surface area contributed by atoms with E-state index in [4.69, 9.17) is 5.11 Å². The molecule has 0 heterocycles. The van der Waals surface area contributed by atoms with Crippen molar-refractivity contribution in [3.8, 4) is 5.75 Å². The van der Waals surface area contributed by atoms with Crippen molar-refractivity contribution in [2.75, 3.05) is 0 Å². The van der Waals surface area contributed by atoms with Crippen molar-refractivity contribution < 1.29 is 5.11 Å². The molecule has 2 rings (SSSR count). The predicted molar refractivity (Wildman–Crippen MR) is 69.7 cm³/mol. The first kappa shape index (κ1) is 13.1. The summed E-state index contributed by atoms with van der Waals surface area (Å²) in [6.45, 7) is 6.81. The maximum atomic E-state index is 8.85. The predicted octanol–water partition coefficient (Wildman–Crippen LogP) is 4.54. The molecular weight excluding hydrogens is 196 g/mol. The number of aromatic hydroxyl groups is 1. The number of phenolic OH excluding ortho intramolecular Hbond substituents is 1. The highest BCUT2D eigenvalue weighted by Crippen LogP contribution is 2.36.